The van der Waals surface area contributed by atoms with Crippen molar-refractivity contribution in [3.63, 3.8) is 0 Å². The zero-order valence-corrected chi connectivity index (χ0v) is 14.4. The van der Waals surface area contributed by atoms with E-state index >= 15 is 0 Å². The van der Waals surface area contributed by atoms with Crippen LogP contribution in [-0.4, -0.2) is 60.4 Å². The first-order valence-electron chi connectivity index (χ1n) is 8.23. The number of carbonyl (C=O) groups is 1. The Labute approximate surface area is 130 Å². The molecule has 1 atom stereocenters. The zero-order valence-electron chi connectivity index (χ0n) is 14.4. The quantitative estimate of drug-likeness (QED) is 0.511. The number of rotatable bonds is 13. The second-order valence-corrected chi connectivity index (χ2v) is 5.77. The van der Waals surface area contributed by atoms with Gasteiger partial charge in [-0.25, -0.2) is 0 Å². The summed E-state index contributed by atoms with van der Waals surface area (Å²) in [5.74, 6) is -0.740. The first kappa shape index (κ1) is 20.3. The van der Waals surface area contributed by atoms with Gasteiger partial charge in [0.15, 0.2) is 0 Å². The number of hydrogen-bond donors (Lipinski definition) is 2. The first-order valence-corrected chi connectivity index (χ1v) is 8.23. The normalized spacial score (nSPS) is 14.6. The van der Waals surface area contributed by atoms with Gasteiger partial charge in [-0.05, 0) is 53.1 Å². The van der Waals surface area contributed by atoms with Crippen LogP contribution in [0.5, 0.6) is 0 Å². The Morgan fingerprint density at radius 3 is 2.38 bits per heavy atom. The molecule has 21 heavy (non-hydrogen) atoms. The Bertz CT molecular complexity index is 285. The molecule has 0 amide bonds. The molecular formula is C16H34N2O3. The minimum absolute atomic E-state index is 0.168. The van der Waals surface area contributed by atoms with Gasteiger partial charge in [0, 0.05) is 19.2 Å². The van der Waals surface area contributed by atoms with Crippen LogP contribution in [0.15, 0.2) is 0 Å². The van der Waals surface area contributed by atoms with Crippen LogP contribution in [0, 0.1) is 0 Å². The molecule has 2 N–H and O–H groups in total. The maximum absolute atomic E-state index is 11.6. The van der Waals surface area contributed by atoms with Crippen LogP contribution in [-0.2, 0) is 9.53 Å². The van der Waals surface area contributed by atoms with E-state index in [-0.39, 0.29) is 6.04 Å². The number of ether oxygens (including phenoxy) is 1. The van der Waals surface area contributed by atoms with Gasteiger partial charge in [-0.3, -0.25) is 10.1 Å². The van der Waals surface area contributed by atoms with Gasteiger partial charge in [-0.2, -0.15) is 0 Å². The Hall–Kier alpha value is -0.650. The Morgan fingerprint density at radius 2 is 1.95 bits per heavy atom. The van der Waals surface area contributed by atoms with Crippen molar-refractivity contribution in [1.82, 2.24) is 10.2 Å². The van der Waals surface area contributed by atoms with Crippen LogP contribution >= 0.6 is 0 Å². The number of nitrogens with one attached hydrogen (secondary N) is 1. The lowest BCUT2D eigenvalue weighted by Gasteiger charge is -2.32. The molecule has 0 rings (SSSR count). The lowest BCUT2D eigenvalue weighted by Crippen LogP contribution is -2.54. The van der Waals surface area contributed by atoms with Crippen LogP contribution < -0.4 is 5.32 Å². The Morgan fingerprint density at radius 1 is 1.29 bits per heavy atom. The lowest BCUT2D eigenvalue weighted by atomic mass is 9.89. The van der Waals surface area contributed by atoms with Crippen LogP contribution in [0.2, 0.25) is 0 Å². The molecule has 0 aliphatic rings. The van der Waals surface area contributed by atoms with E-state index in [0.717, 1.165) is 39.3 Å². The fourth-order valence-electron chi connectivity index (χ4n) is 2.59. The first-order chi connectivity index (χ1) is 9.91. The van der Waals surface area contributed by atoms with Crippen molar-refractivity contribution >= 4 is 5.97 Å². The molecule has 5 heteroatoms. The van der Waals surface area contributed by atoms with Crippen LogP contribution in [0.1, 0.15) is 53.9 Å². The molecule has 0 aliphatic heterocycles. The highest BCUT2D eigenvalue weighted by Gasteiger charge is 2.36. The summed E-state index contributed by atoms with van der Waals surface area (Å²) in [4.78, 5) is 14.0. The fraction of sp³-hybridized carbons (Fsp3) is 0.938. The second-order valence-electron chi connectivity index (χ2n) is 5.77. The molecular weight excluding hydrogens is 268 g/mol. The summed E-state index contributed by atoms with van der Waals surface area (Å²) in [7, 11) is 0. The molecule has 1 unspecified atom stereocenters. The molecule has 0 fully saturated rings. The topological polar surface area (TPSA) is 61.8 Å². The van der Waals surface area contributed by atoms with Crippen molar-refractivity contribution in [3.05, 3.63) is 0 Å². The standard InChI is InChI=1S/C16H34N2O3/c1-6-16(15(19)20,17-14(4)5)10-9-11-18(7-2)12-13-21-8-3/h14,17H,6-13H2,1-5H3,(H,19,20). The third kappa shape index (κ3) is 7.79. The van der Waals surface area contributed by atoms with Crippen LogP contribution in [0.25, 0.3) is 0 Å². The summed E-state index contributed by atoms with van der Waals surface area (Å²) in [6.07, 6.45) is 2.13. The van der Waals surface area contributed by atoms with Gasteiger partial charge in [0.2, 0.25) is 0 Å². The molecule has 0 aromatic carbocycles. The van der Waals surface area contributed by atoms with E-state index in [1.807, 2.05) is 27.7 Å². The highest BCUT2D eigenvalue weighted by atomic mass is 16.5. The summed E-state index contributed by atoms with van der Waals surface area (Å²) in [5, 5.41) is 12.8. The van der Waals surface area contributed by atoms with E-state index in [9.17, 15) is 9.90 Å². The largest absolute Gasteiger partial charge is 0.480 e. The monoisotopic (exact) mass is 302 g/mol. The van der Waals surface area contributed by atoms with Gasteiger partial charge in [0.05, 0.1) is 6.61 Å². The van der Waals surface area contributed by atoms with E-state index in [1.54, 1.807) is 0 Å². The minimum Gasteiger partial charge on any atom is -0.480 e. The van der Waals surface area contributed by atoms with E-state index in [0.29, 0.717) is 12.8 Å². The predicted octanol–water partition coefficient (Wildman–Crippen LogP) is 2.36. The molecule has 0 saturated heterocycles. The Balaban J connectivity index is 4.37. The number of hydrogen-bond acceptors (Lipinski definition) is 4. The van der Waals surface area contributed by atoms with Crippen molar-refractivity contribution in [3.8, 4) is 0 Å². The average Bonchev–Trinajstić information content (AvgIpc) is 2.43. The van der Waals surface area contributed by atoms with Gasteiger partial charge >= 0.3 is 5.97 Å². The van der Waals surface area contributed by atoms with Gasteiger partial charge in [0.25, 0.3) is 0 Å². The highest BCUT2D eigenvalue weighted by Crippen LogP contribution is 2.19. The van der Waals surface area contributed by atoms with Gasteiger partial charge in [-0.15, -0.1) is 0 Å². The molecule has 0 radical (unpaired) electrons. The highest BCUT2D eigenvalue weighted by molar-refractivity contribution is 5.78. The molecule has 0 spiro atoms. The maximum Gasteiger partial charge on any atom is 0.323 e. The maximum atomic E-state index is 11.6. The summed E-state index contributed by atoms with van der Waals surface area (Å²) in [5.41, 5.74) is -0.798. The van der Waals surface area contributed by atoms with Crippen molar-refractivity contribution in [2.75, 3.05) is 32.8 Å². The molecule has 0 bridgehead atoms. The Kier molecular flexibility index (Phi) is 10.6. The summed E-state index contributed by atoms with van der Waals surface area (Å²) in [6, 6.07) is 0.168. The van der Waals surface area contributed by atoms with Gasteiger partial charge in [-0.1, -0.05) is 13.8 Å². The molecule has 0 saturated carbocycles. The third-order valence-corrected chi connectivity index (χ3v) is 3.86. The van der Waals surface area contributed by atoms with Crippen LogP contribution in [0.4, 0.5) is 0 Å². The SMILES string of the molecule is CCOCCN(CC)CCCC(CC)(NC(C)C)C(=O)O. The van der Waals surface area contributed by atoms with E-state index in [4.69, 9.17) is 4.74 Å². The number of carboxylic acids is 1. The van der Waals surface area contributed by atoms with Crippen molar-refractivity contribution in [2.24, 2.45) is 0 Å². The number of nitrogens with zero attached hydrogens (tertiary/aromatic N) is 1. The summed E-state index contributed by atoms with van der Waals surface area (Å²) >= 11 is 0. The summed E-state index contributed by atoms with van der Waals surface area (Å²) in [6.45, 7) is 14.3. The van der Waals surface area contributed by atoms with Crippen LogP contribution in [0.3, 0.4) is 0 Å². The lowest BCUT2D eigenvalue weighted by molar-refractivity contribution is -0.145. The number of likely N-dealkylation sites (N-methyl/N-ethyl adjacent to an activating group) is 1. The third-order valence-electron chi connectivity index (χ3n) is 3.86. The number of aliphatic carboxylic acids is 1. The van der Waals surface area contributed by atoms with Crippen molar-refractivity contribution in [1.29, 1.82) is 0 Å². The molecule has 0 aliphatic carbocycles. The molecule has 0 aromatic heterocycles. The van der Waals surface area contributed by atoms with E-state index < -0.39 is 11.5 Å². The molecule has 126 valence electrons. The fourth-order valence-corrected chi connectivity index (χ4v) is 2.59. The number of carboxylic acid groups (broad SMARTS) is 1. The molecule has 5 nitrogen and oxygen atoms in total. The summed E-state index contributed by atoms with van der Waals surface area (Å²) < 4.78 is 5.38. The average molecular weight is 302 g/mol. The van der Waals surface area contributed by atoms with Gasteiger partial charge < -0.3 is 14.7 Å². The van der Waals surface area contributed by atoms with Crippen molar-refractivity contribution < 1.29 is 14.6 Å². The van der Waals surface area contributed by atoms with Gasteiger partial charge in [0.1, 0.15) is 5.54 Å². The molecule has 0 aromatic rings. The minimum atomic E-state index is -0.798. The van der Waals surface area contributed by atoms with Crippen molar-refractivity contribution in [2.45, 2.75) is 65.5 Å². The van der Waals surface area contributed by atoms with E-state index in [1.165, 1.54) is 0 Å². The van der Waals surface area contributed by atoms with E-state index in [2.05, 4.69) is 17.1 Å². The second kappa shape index (κ2) is 11.0. The molecule has 0 heterocycles. The predicted molar refractivity (Wildman–Crippen MR) is 86.8 cm³/mol. The smallest absolute Gasteiger partial charge is 0.323 e. The zero-order chi connectivity index (χ0) is 16.3.